The van der Waals surface area contributed by atoms with Crippen LogP contribution in [0.2, 0.25) is 6.32 Å². The molecule has 1 rings (SSSR count). The Bertz CT molecular complexity index is 420. The van der Waals surface area contributed by atoms with Crippen LogP contribution < -0.4 is 11.1 Å². The van der Waals surface area contributed by atoms with E-state index in [1.54, 1.807) is 24.3 Å². The Balaban J connectivity index is 2.57. The van der Waals surface area contributed by atoms with E-state index in [-0.39, 0.29) is 12.3 Å². The van der Waals surface area contributed by atoms with Crippen LogP contribution in [0.3, 0.4) is 0 Å². The lowest BCUT2D eigenvalue weighted by atomic mass is 10.0. The maximum atomic E-state index is 11.4. The van der Waals surface area contributed by atoms with Gasteiger partial charge in [0, 0.05) is 12.1 Å². The molecule has 18 heavy (non-hydrogen) atoms. The predicted molar refractivity (Wildman–Crippen MR) is 72.4 cm³/mol. The van der Waals surface area contributed by atoms with Crippen LogP contribution in [0.1, 0.15) is 12.0 Å². The quantitative estimate of drug-likeness (QED) is 0.619. The molecule has 1 aromatic rings. The summed E-state index contributed by atoms with van der Waals surface area (Å²) in [5.74, 6) is -1.04. The zero-order valence-corrected chi connectivity index (χ0v) is 10.3. The van der Waals surface area contributed by atoms with Gasteiger partial charge in [-0.05, 0) is 24.1 Å². The predicted octanol–water partition coefficient (Wildman–Crippen LogP) is 0.0210. The molecule has 1 atom stereocenters. The summed E-state index contributed by atoms with van der Waals surface area (Å²) in [6.45, 7) is 0. The Kier molecular flexibility index (Phi) is 5.39. The minimum atomic E-state index is -1.02. The van der Waals surface area contributed by atoms with Gasteiger partial charge in [0.05, 0.1) is 0 Å². The maximum Gasteiger partial charge on any atom is 0.320 e. The van der Waals surface area contributed by atoms with Crippen LogP contribution in [0.4, 0.5) is 5.69 Å². The van der Waals surface area contributed by atoms with Gasteiger partial charge < -0.3 is 16.2 Å². The van der Waals surface area contributed by atoms with E-state index in [0.29, 0.717) is 12.1 Å². The van der Waals surface area contributed by atoms with Crippen molar-refractivity contribution < 1.29 is 14.7 Å². The highest BCUT2D eigenvalue weighted by Crippen LogP contribution is 2.11. The van der Waals surface area contributed by atoms with Crippen molar-refractivity contribution in [2.45, 2.75) is 25.2 Å². The summed E-state index contributed by atoms with van der Waals surface area (Å²) in [7, 11) is 1.94. The van der Waals surface area contributed by atoms with E-state index >= 15 is 0 Å². The third-order valence-electron chi connectivity index (χ3n) is 2.49. The van der Waals surface area contributed by atoms with Gasteiger partial charge in [0.2, 0.25) is 5.91 Å². The van der Waals surface area contributed by atoms with Crippen molar-refractivity contribution in [3.63, 3.8) is 0 Å². The average molecular weight is 248 g/mol. The molecule has 96 valence electrons. The fraction of sp³-hybridized carbons (Fsp3) is 0.333. The molecule has 0 heterocycles. The first-order chi connectivity index (χ1) is 8.52. The molecule has 0 saturated carbocycles. The molecule has 0 spiro atoms. The molecule has 4 N–H and O–H groups in total. The number of carboxylic acids is 1. The molecular weight excluding hydrogens is 231 g/mol. The third kappa shape index (κ3) is 4.59. The van der Waals surface area contributed by atoms with Gasteiger partial charge in [-0.2, -0.15) is 0 Å². The van der Waals surface area contributed by atoms with Crippen molar-refractivity contribution in [3.05, 3.63) is 29.8 Å². The molecule has 0 aliphatic rings. The minimum Gasteiger partial charge on any atom is -0.480 e. The lowest BCUT2D eigenvalue weighted by Gasteiger charge is -2.08. The van der Waals surface area contributed by atoms with Crippen LogP contribution in [0.25, 0.3) is 0 Å². The Morgan fingerprint density at radius 1 is 1.33 bits per heavy atom. The molecule has 1 amide bonds. The number of benzene rings is 1. The highest BCUT2D eigenvalue weighted by molar-refractivity contribution is 6.10. The summed E-state index contributed by atoms with van der Waals surface area (Å²) >= 11 is 0. The van der Waals surface area contributed by atoms with Gasteiger partial charge in [0.15, 0.2) is 0 Å². The van der Waals surface area contributed by atoms with Gasteiger partial charge in [-0.15, -0.1) is 0 Å². The molecule has 5 nitrogen and oxygen atoms in total. The zero-order chi connectivity index (χ0) is 13.5. The van der Waals surface area contributed by atoms with Crippen LogP contribution >= 0.6 is 0 Å². The second-order valence-electron chi connectivity index (χ2n) is 4.14. The standard InChI is InChI=1S/C12H17BN2O3/c13-6-5-11(16)15-9-3-1-8(2-4-9)7-10(14)12(17)18/h1-4,10H,5-7,13-14H2,(H,15,16)(H,17,18). The maximum absolute atomic E-state index is 11.4. The first-order valence-corrected chi connectivity index (χ1v) is 5.90. The van der Waals surface area contributed by atoms with Gasteiger partial charge in [-0.1, -0.05) is 18.5 Å². The smallest absolute Gasteiger partial charge is 0.320 e. The van der Waals surface area contributed by atoms with E-state index in [9.17, 15) is 9.59 Å². The number of nitrogens with one attached hydrogen (secondary N) is 1. The first kappa shape index (κ1) is 14.2. The van der Waals surface area contributed by atoms with E-state index in [4.69, 9.17) is 10.8 Å². The average Bonchev–Trinajstić information content (AvgIpc) is 2.31. The zero-order valence-electron chi connectivity index (χ0n) is 10.3. The summed E-state index contributed by atoms with van der Waals surface area (Å²) in [5, 5.41) is 11.5. The molecular formula is C12H17BN2O3. The van der Waals surface area contributed by atoms with E-state index in [1.165, 1.54) is 0 Å². The number of rotatable bonds is 6. The van der Waals surface area contributed by atoms with Gasteiger partial charge >= 0.3 is 5.97 Å². The molecule has 0 bridgehead atoms. The molecule has 0 aromatic heterocycles. The normalized spacial score (nSPS) is 11.8. The summed E-state index contributed by atoms with van der Waals surface area (Å²) < 4.78 is 0. The monoisotopic (exact) mass is 248 g/mol. The largest absolute Gasteiger partial charge is 0.480 e. The lowest BCUT2D eigenvalue weighted by Crippen LogP contribution is -2.32. The number of hydrogen-bond donors (Lipinski definition) is 3. The Morgan fingerprint density at radius 3 is 2.44 bits per heavy atom. The Hall–Kier alpha value is -1.82. The highest BCUT2D eigenvalue weighted by Gasteiger charge is 2.11. The van der Waals surface area contributed by atoms with E-state index in [2.05, 4.69) is 5.32 Å². The number of carbonyl (C=O) groups excluding carboxylic acids is 1. The lowest BCUT2D eigenvalue weighted by molar-refractivity contribution is -0.138. The molecule has 0 fully saturated rings. The van der Waals surface area contributed by atoms with Crippen LogP contribution in [0.5, 0.6) is 0 Å². The number of carboxylic acid groups (broad SMARTS) is 1. The molecule has 0 saturated heterocycles. The van der Waals surface area contributed by atoms with Crippen molar-refractivity contribution in [3.8, 4) is 0 Å². The van der Waals surface area contributed by atoms with Crippen molar-refractivity contribution in [2.24, 2.45) is 5.73 Å². The molecule has 0 aliphatic carbocycles. The number of anilines is 1. The van der Waals surface area contributed by atoms with Crippen LogP contribution in [0, 0.1) is 0 Å². The molecule has 1 unspecified atom stereocenters. The second kappa shape index (κ2) is 6.81. The van der Waals surface area contributed by atoms with Crippen molar-refractivity contribution in [1.82, 2.24) is 0 Å². The summed E-state index contributed by atoms with van der Waals surface area (Å²) in [5.41, 5.74) is 6.98. The van der Waals surface area contributed by atoms with Crippen LogP contribution in [0.15, 0.2) is 24.3 Å². The third-order valence-corrected chi connectivity index (χ3v) is 2.49. The number of nitrogens with two attached hydrogens (primary N) is 1. The molecule has 6 heteroatoms. The fourth-order valence-corrected chi connectivity index (χ4v) is 1.52. The summed E-state index contributed by atoms with van der Waals surface area (Å²) in [6, 6.07) is 6.13. The summed E-state index contributed by atoms with van der Waals surface area (Å²) in [6.07, 6.45) is 1.57. The van der Waals surface area contributed by atoms with Gasteiger partial charge in [0.1, 0.15) is 13.9 Å². The molecule has 1 aromatic carbocycles. The van der Waals surface area contributed by atoms with Crippen LogP contribution in [-0.4, -0.2) is 30.9 Å². The van der Waals surface area contributed by atoms with Crippen molar-refractivity contribution >= 4 is 25.4 Å². The Morgan fingerprint density at radius 2 is 1.94 bits per heavy atom. The second-order valence-corrected chi connectivity index (χ2v) is 4.14. The first-order valence-electron chi connectivity index (χ1n) is 5.90. The fourth-order valence-electron chi connectivity index (χ4n) is 1.52. The highest BCUT2D eigenvalue weighted by atomic mass is 16.4. The molecule has 0 aliphatic heterocycles. The number of carbonyl (C=O) groups is 2. The topological polar surface area (TPSA) is 92.4 Å². The van der Waals surface area contributed by atoms with Crippen molar-refractivity contribution in [1.29, 1.82) is 0 Å². The number of hydrogen-bond acceptors (Lipinski definition) is 3. The van der Waals surface area contributed by atoms with Gasteiger partial charge in [0.25, 0.3) is 0 Å². The number of amides is 1. The molecule has 0 radical (unpaired) electrons. The van der Waals surface area contributed by atoms with Gasteiger partial charge in [-0.3, -0.25) is 9.59 Å². The van der Waals surface area contributed by atoms with E-state index in [0.717, 1.165) is 11.9 Å². The number of aliphatic carboxylic acids is 1. The summed E-state index contributed by atoms with van der Waals surface area (Å²) in [4.78, 5) is 22.0. The van der Waals surface area contributed by atoms with Gasteiger partial charge in [-0.25, -0.2) is 0 Å². The SMILES string of the molecule is BCCC(=O)Nc1ccc(CC(N)C(=O)O)cc1. The minimum absolute atomic E-state index is 0.0208. The van der Waals surface area contributed by atoms with E-state index in [1.807, 2.05) is 7.85 Å². The van der Waals surface area contributed by atoms with Crippen LogP contribution in [-0.2, 0) is 16.0 Å². The van der Waals surface area contributed by atoms with E-state index < -0.39 is 12.0 Å². The Labute approximate surface area is 107 Å². The van der Waals surface area contributed by atoms with Crippen molar-refractivity contribution in [2.75, 3.05) is 5.32 Å².